The lowest BCUT2D eigenvalue weighted by Crippen LogP contribution is -2.55. The van der Waals surface area contributed by atoms with Crippen molar-refractivity contribution in [2.45, 2.75) is 19.4 Å². The topological polar surface area (TPSA) is 83.4 Å². The predicted molar refractivity (Wildman–Crippen MR) is 86.9 cm³/mol. The van der Waals surface area contributed by atoms with Gasteiger partial charge in [0.05, 0.1) is 6.26 Å². The van der Waals surface area contributed by atoms with Crippen LogP contribution in [0.3, 0.4) is 0 Å². The Morgan fingerprint density at radius 1 is 1.26 bits per heavy atom. The van der Waals surface area contributed by atoms with Crippen LogP contribution in [0, 0.1) is 5.92 Å². The van der Waals surface area contributed by atoms with Gasteiger partial charge in [-0.2, -0.15) is 0 Å². The Bertz CT molecular complexity index is 680. The van der Waals surface area contributed by atoms with E-state index < -0.39 is 6.04 Å². The van der Waals surface area contributed by atoms with E-state index in [0.717, 1.165) is 17.7 Å². The average molecular weight is 313 g/mol. The summed E-state index contributed by atoms with van der Waals surface area (Å²) in [5.41, 5.74) is 1.59. The van der Waals surface area contributed by atoms with Crippen molar-refractivity contribution in [2.75, 3.05) is 11.9 Å². The summed E-state index contributed by atoms with van der Waals surface area (Å²) in [6.45, 7) is 2.62. The van der Waals surface area contributed by atoms with Crippen LogP contribution in [-0.2, 0) is 4.79 Å². The van der Waals surface area contributed by atoms with Crippen LogP contribution in [0.2, 0.25) is 0 Å². The monoisotopic (exact) mass is 313 g/mol. The molecule has 3 amide bonds. The Morgan fingerprint density at radius 3 is 2.70 bits per heavy atom. The summed E-state index contributed by atoms with van der Waals surface area (Å²) in [5, 5.41) is 8.23. The largest absolute Gasteiger partial charge is 0.464 e. The van der Waals surface area contributed by atoms with Gasteiger partial charge in [0, 0.05) is 17.8 Å². The van der Waals surface area contributed by atoms with Gasteiger partial charge in [-0.1, -0.05) is 6.92 Å². The summed E-state index contributed by atoms with van der Waals surface area (Å²) < 4.78 is 5.32. The Morgan fingerprint density at radius 2 is 2.04 bits per heavy atom. The third kappa shape index (κ3) is 3.53. The fourth-order valence-electron chi connectivity index (χ4n) is 2.63. The van der Waals surface area contributed by atoms with E-state index >= 15 is 0 Å². The summed E-state index contributed by atoms with van der Waals surface area (Å²) in [4.78, 5) is 23.9. The van der Waals surface area contributed by atoms with E-state index in [2.05, 4.69) is 16.0 Å². The molecule has 1 aromatic heterocycles. The van der Waals surface area contributed by atoms with E-state index in [4.69, 9.17) is 4.42 Å². The maximum Gasteiger partial charge on any atom is 0.319 e. The van der Waals surface area contributed by atoms with Gasteiger partial charge in [0.15, 0.2) is 0 Å². The molecule has 0 spiro atoms. The average Bonchev–Trinajstić information content (AvgIpc) is 3.06. The molecule has 1 aliphatic rings. The molecule has 1 aliphatic heterocycles. The molecule has 120 valence electrons. The van der Waals surface area contributed by atoms with Crippen LogP contribution in [0.15, 0.2) is 47.1 Å². The SMILES string of the molecule is C[C@H]1CCNC(=O)[C@@H]1NC(=O)Nc1ccc(-c2ccco2)cc1. The number of piperidine rings is 1. The fourth-order valence-corrected chi connectivity index (χ4v) is 2.63. The minimum atomic E-state index is -0.494. The molecule has 1 saturated heterocycles. The normalized spacial score (nSPS) is 20.7. The van der Waals surface area contributed by atoms with E-state index in [1.807, 2.05) is 31.2 Å². The van der Waals surface area contributed by atoms with Crippen molar-refractivity contribution in [1.82, 2.24) is 10.6 Å². The highest BCUT2D eigenvalue weighted by atomic mass is 16.3. The molecule has 3 rings (SSSR count). The van der Waals surface area contributed by atoms with Gasteiger partial charge in [0.2, 0.25) is 5.91 Å². The molecule has 23 heavy (non-hydrogen) atoms. The number of hydrogen-bond acceptors (Lipinski definition) is 3. The molecule has 2 atom stereocenters. The molecule has 1 fully saturated rings. The standard InChI is InChI=1S/C17H19N3O3/c1-11-8-9-18-16(21)15(11)20-17(22)19-13-6-4-12(5-7-13)14-3-2-10-23-14/h2-7,10-11,15H,8-9H2,1H3,(H,18,21)(H2,19,20,22)/t11-,15+/m0/s1. The van der Waals surface area contributed by atoms with Crippen molar-refractivity contribution in [3.63, 3.8) is 0 Å². The summed E-state index contributed by atoms with van der Waals surface area (Å²) in [5.74, 6) is 0.761. The highest BCUT2D eigenvalue weighted by Gasteiger charge is 2.29. The number of anilines is 1. The summed E-state index contributed by atoms with van der Waals surface area (Å²) >= 11 is 0. The molecule has 0 aliphatic carbocycles. The minimum absolute atomic E-state index is 0.121. The molecule has 6 nitrogen and oxygen atoms in total. The van der Waals surface area contributed by atoms with Gasteiger partial charge in [0.1, 0.15) is 11.8 Å². The first-order valence-electron chi connectivity index (χ1n) is 7.62. The molecule has 6 heteroatoms. The van der Waals surface area contributed by atoms with Crippen molar-refractivity contribution in [2.24, 2.45) is 5.92 Å². The molecule has 0 radical (unpaired) electrons. The van der Waals surface area contributed by atoms with Crippen molar-refractivity contribution >= 4 is 17.6 Å². The summed E-state index contributed by atoms with van der Waals surface area (Å²) in [6.07, 6.45) is 2.47. The van der Waals surface area contributed by atoms with E-state index in [9.17, 15) is 9.59 Å². The van der Waals surface area contributed by atoms with E-state index in [1.54, 1.807) is 18.4 Å². The minimum Gasteiger partial charge on any atom is -0.464 e. The smallest absolute Gasteiger partial charge is 0.319 e. The second kappa shape index (κ2) is 6.56. The van der Waals surface area contributed by atoms with E-state index in [0.29, 0.717) is 12.2 Å². The highest BCUT2D eigenvalue weighted by Crippen LogP contribution is 2.21. The highest BCUT2D eigenvalue weighted by molar-refractivity contribution is 5.94. The fraction of sp³-hybridized carbons (Fsp3) is 0.294. The van der Waals surface area contributed by atoms with Gasteiger partial charge in [-0.25, -0.2) is 4.79 Å². The van der Waals surface area contributed by atoms with Gasteiger partial charge in [0.25, 0.3) is 0 Å². The number of carbonyl (C=O) groups is 2. The summed E-state index contributed by atoms with van der Waals surface area (Å²) in [6, 6.07) is 10.1. The van der Waals surface area contributed by atoms with Crippen LogP contribution in [0.25, 0.3) is 11.3 Å². The number of amides is 3. The predicted octanol–water partition coefficient (Wildman–Crippen LogP) is 2.59. The van der Waals surface area contributed by atoms with Crippen LogP contribution in [0.5, 0.6) is 0 Å². The zero-order valence-corrected chi connectivity index (χ0v) is 12.8. The Balaban J connectivity index is 1.60. The van der Waals surface area contributed by atoms with Crippen LogP contribution in [-0.4, -0.2) is 24.5 Å². The lowest BCUT2D eigenvalue weighted by atomic mass is 9.94. The quantitative estimate of drug-likeness (QED) is 0.814. The van der Waals surface area contributed by atoms with Crippen LogP contribution in [0.1, 0.15) is 13.3 Å². The third-order valence-corrected chi connectivity index (χ3v) is 3.99. The van der Waals surface area contributed by atoms with Gasteiger partial charge in [-0.05, 0) is 48.7 Å². The number of benzene rings is 1. The molecular weight excluding hydrogens is 294 g/mol. The van der Waals surface area contributed by atoms with Crippen LogP contribution >= 0.6 is 0 Å². The van der Waals surface area contributed by atoms with Crippen molar-refractivity contribution in [1.29, 1.82) is 0 Å². The van der Waals surface area contributed by atoms with Gasteiger partial charge in [-0.3, -0.25) is 4.79 Å². The van der Waals surface area contributed by atoms with Gasteiger partial charge >= 0.3 is 6.03 Å². The molecule has 3 N–H and O–H groups in total. The zero-order chi connectivity index (χ0) is 16.2. The van der Waals surface area contributed by atoms with Gasteiger partial charge in [-0.15, -0.1) is 0 Å². The van der Waals surface area contributed by atoms with Crippen molar-refractivity contribution in [3.8, 4) is 11.3 Å². The Kier molecular flexibility index (Phi) is 4.32. The molecular formula is C17H19N3O3. The van der Waals surface area contributed by atoms with E-state index in [-0.39, 0.29) is 17.9 Å². The van der Waals surface area contributed by atoms with Crippen LogP contribution in [0.4, 0.5) is 10.5 Å². The van der Waals surface area contributed by atoms with E-state index in [1.165, 1.54) is 0 Å². The third-order valence-electron chi connectivity index (χ3n) is 3.99. The zero-order valence-electron chi connectivity index (χ0n) is 12.8. The Labute approximate surface area is 134 Å². The molecule has 0 saturated carbocycles. The molecule has 2 aromatic rings. The summed E-state index contributed by atoms with van der Waals surface area (Å²) in [7, 11) is 0. The number of nitrogens with one attached hydrogen (secondary N) is 3. The lowest BCUT2D eigenvalue weighted by Gasteiger charge is -2.28. The maximum atomic E-state index is 12.1. The molecule has 2 heterocycles. The van der Waals surface area contributed by atoms with Crippen LogP contribution < -0.4 is 16.0 Å². The number of rotatable bonds is 3. The molecule has 0 unspecified atom stereocenters. The van der Waals surface area contributed by atoms with Gasteiger partial charge < -0.3 is 20.4 Å². The molecule has 1 aromatic carbocycles. The van der Waals surface area contributed by atoms with Crippen molar-refractivity contribution in [3.05, 3.63) is 42.7 Å². The molecule has 0 bridgehead atoms. The first kappa shape index (κ1) is 15.1. The number of carbonyl (C=O) groups excluding carboxylic acids is 2. The maximum absolute atomic E-state index is 12.1. The number of furan rings is 1. The first-order chi connectivity index (χ1) is 11.1. The first-order valence-corrected chi connectivity index (χ1v) is 7.62. The Hall–Kier alpha value is -2.76. The lowest BCUT2D eigenvalue weighted by molar-refractivity contribution is -0.125. The number of hydrogen-bond donors (Lipinski definition) is 3. The second-order valence-electron chi connectivity index (χ2n) is 5.69. The second-order valence-corrected chi connectivity index (χ2v) is 5.69. The van der Waals surface area contributed by atoms with Crippen molar-refractivity contribution < 1.29 is 14.0 Å². The number of urea groups is 1.